The normalized spacial score (nSPS) is 13.6. The van der Waals surface area contributed by atoms with Gasteiger partial charge in [-0.15, -0.1) is 10.2 Å². The number of hydrogen-bond donors (Lipinski definition) is 0. The van der Waals surface area contributed by atoms with Crippen molar-refractivity contribution in [1.82, 2.24) is 14.8 Å². The van der Waals surface area contributed by atoms with Gasteiger partial charge in [0.25, 0.3) is 0 Å². The minimum Gasteiger partial charge on any atom is -0.276 e. The summed E-state index contributed by atoms with van der Waals surface area (Å²) in [6.07, 6.45) is 5.49. The lowest BCUT2D eigenvalue weighted by molar-refractivity contribution is 0.625. The van der Waals surface area contributed by atoms with Crippen LogP contribution >= 0.6 is 23.2 Å². The van der Waals surface area contributed by atoms with Gasteiger partial charge in [0, 0.05) is 11.1 Å². The molecule has 2 heterocycles. The van der Waals surface area contributed by atoms with Crippen LogP contribution in [0.3, 0.4) is 0 Å². The smallest absolute Gasteiger partial charge is 0.187 e. The second-order valence-corrected chi connectivity index (χ2v) is 7.20. The number of allylic oxidation sites excluding steroid dienone is 3. The number of aromatic nitrogens is 3. The number of hydrogen-bond acceptors (Lipinski definition) is 4. The molecular weight excluding hydrogens is 424 g/mol. The number of benzene rings is 2. The first-order valence-electron chi connectivity index (χ1n) is 9.09. The molecule has 1 aliphatic heterocycles. The zero-order valence-corrected chi connectivity index (χ0v) is 17.5. The van der Waals surface area contributed by atoms with E-state index in [0.717, 1.165) is 0 Å². The number of halogens is 3. The van der Waals surface area contributed by atoms with Crippen LogP contribution in [0.15, 0.2) is 64.6 Å². The third-order valence-electron chi connectivity index (χ3n) is 4.63. The van der Waals surface area contributed by atoms with Gasteiger partial charge in [-0.25, -0.2) is 4.39 Å². The van der Waals surface area contributed by atoms with E-state index in [-0.39, 0.29) is 11.6 Å². The van der Waals surface area contributed by atoms with Crippen molar-refractivity contribution in [2.24, 2.45) is 9.98 Å². The number of fused-ring (bicyclic) bond motifs is 3. The molecule has 1 aliphatic rings. The lowest BCUT2D eigenvalue weighted by Crippen LogP contribution is -2.11. The highest BCUT2D eigenvalue weighted by Crippen LogP contribution is 2.36. The number of rotatable bonds is 4. The van der Waals surface area contributed by atoms with Gasteiger partial charge < -0.3 is 0 Å². The summed E-state index contributed by atoms with van der Waals surface area (Å²) >= 11 is 12.9. The van der Waals surface area contributed by atoms with Crippen LogP contribution in [0, 0.1) is 5.82 Å². The van der Waals surface area contributed by atoms with Crippen molar-refractivity contribution >= 4 is 41.3 Å². The quantitative estimate of drug-likeness (QED) is 0.387. The molecule has 0 aliphatic carbocycles. The van der Waals surface area contributed by atoms with Crippen molar-refractivity contribution in [3.05, 3.63) is 93.3 Å². The number of aliphatic imine (C=N–C) groups is 2. The summed E-state index contributed by atoms with van der Waals surface area (Å²) in [7, 11) is 0. The highest BCUT2D eigenvalue weighted by Gasteiger charge is 2.28. The third kappa shape index (κ3) is 3.38. The molecule has 0 unspecified atom stereocenters. The van der Waals surface area contributed by atoms with Gasteiger partial charge in [-0.3, -0.25) is 14.6 Å². The van der Waals surface area contributed by atoms with Gasteiger partial charge in [0.1, 0.15) is 18.1 Å². The van der Waals surface area contributed by atoms with Crippen LogP contribution in [0.4, 0.5) is 4.39 Å². The fraction of sp³-hybridized carbons (Fsp3) is 0.0909. The van der Waals surface area contributed by atoms with Crippen molar-refractivity contribution in [2.75, 3.05) is 0 Å². The summed E-state index contributed by atoms with van der Waals surface area (Å²) in [5.41, 5.74) is 2.39. The van der Waals surface area contributed by atoms with Crippen LogP contribution < -0.4 is 0 Å². The second kappa shape index (κ2) is 8.34. The third-order valence-corrected chi connectivity index (χ3v) is 5.44. The van der Waals surface area contributed by atoms with E-state index < -0.39 is 5.82 Å². The van der Waals surface area contributed by atoms with Crippen LogP contribution in [0.5, 0.6) is 0 Å². The molecule has 2 aromatic carbocycles. The zero-order valence-electron chi connectivity index (χ0n) is 16.0. The molecule has 0 fully saturated rings. The van der Waals surface area contributed by atoms with E-state index in [9.17, 15) is 4.39 Å². The van der Waals surface area contributed by atoms with E-state index in [1.165, 1.54) is 6.07 Å². The summed E-state index contributed by atoms with van der Waals surface area (Å²) < 4.78 is 16.5. The molecule has 0 atom stereocenters. The highest BCUT2D eigenvalue weighted by atomic mass is 35.5. The molecule has 0 radical (unpaired) electrons. The highest BCUT2D eigenvalue weighted by molar-refractivity contribution is 6.45. The monoisotopic (exact) mass is 439 g/mol. The van der Waals surface area contributed by atoms with Crippen molar-refractivity contribution in [2.45, 2.75) is 13.5 Å². The first kappa shape index (κ1) is 20.2. The van der Waals surface area contributed by atoms with E-state index in [2.05, 4.69) is 26.9 Å². The topological polar surface area (TPSA) is 55.4 Å². The first-order chi connectivity index (χ1) is 14.6. The first-order valence-corrected chi connectivity index (χ1v) is 9.84. The van der Waals surface area contributed by atoms with E-state index >= 15 is 0 Å². The van der Waals surface area contributed by atoms with Gasteiger partial charge in [0.05, 0.1) is 21.4 Å². The molecule has 8 heteroatoms. The predicted octanol–water partition coefficient (Wildman–Crippen LogP) is 5.68. The Morgan fingerprint density at radius 2 is 2.00 bits per heavy atom. The average molecular weight is 440 g/mol. The second-order valence-electron chi connectivity index (χ2n) is 6.41. The summed E-state index contributed by atoms with van der Waals surface area (Å²) in [6.45, 7) is 5.72. The SMILES string of the molecule is C=N/C(=C\C=C/C)c1nnc2n1-c1ccc(Cl)c(Cl)c1C(c1ccccc1F)=NC2. The summed E-state index contributed by atoms with van der Waals surface area (Å²) in [6, 6.07) is 9.87. The largest absolute Gasteiger partial charge is 0.276 e. The Kier molecular flexibility index (Phi) is 5.61. The molecule has 5 nitrogen and oxygen atoms in total. The standard InChI is InChI=1S/C22H16Cl2FN5/c1-3-4-9-16(26-2)22-29-28-18-12-27-21(13-7-5-6-8-15(13)25)19-17(30(18)22)11-10-14(23)20(19)24/h3-11H,2,12H2,1H3/b4-3-,16-9-. The Labute approximate surface area is 182 Å². The van der Waals surface area contributed by atoms with Gasteiger partial charge in [-0.1, -0.05) is 47.5 Å². The van der Waals surface area contributed by atoms with Crippen molar-refractivity contribution in [1.29, 1.82) is 0 Å². The van der Waals surface area contributed by atoms with Gasteiger partial charge in [0.2, 0.25) is 0 Å². The van der Waals surface area contributed by atoms with Crippen molar-refractivity contribution < 1.29 is 4.39 Å². The molecule has 0 spiro atoms. The molecule has 3 aromatic rings. The van der Waals surface area contributed by atoms with Gasteiger partial charge in [-0.2, -0.15) is 0 Å². The van der Waals surface area contributed by atoms with Crippen molar-refractivity contribution in [3.8, 4) is 5.69 Å². The summed E-state index contributed by atoms with van der Waals surface area (Å²) in [4.78, 5) is 8.72. The summed E-state index contributed by atoms with van der Waals surface area (Å²) in [5, 5.41) is 9.18. The van der Waals surface area contributed by atoms with E-state index in [4.69, 9.17) is 23.2 Å². The zero-order chi connectivity index (χ0) is 21.3. The van der Waals surface area contributed by atoms with E-state index in [1.807, 2.05) is 19.1 Å². The van der Waals surface area contributed by atoms with Gasteiger partial charge >= 0.3 is 0 Å². The molecule has 0 N–H and O–H groups in total. The lowest BCUT2D eigenvalue weighted by Gasteiger charge is -2.16. The molecule has 0 saturated carbocycles. The maximum Gasteiger partial charge on any atom is 0.187 e. The van der Waals surface area contributed by atoms with Gasteiger partial charge in [-0.05, 0) is 44.0 Å². The number of nitrogens with zero attached hydrogens (tertiary/aromatic N) is 5. The Morgan fingerprint density at radius 3 is 2.73 bits per heavy atom. The average Bonchev–Trinajstić information content (AvgIpc) is 3.09. The molecule has 150 valence electrons. The fourth-order valence-corrected chi connectivity index (χ4v) is 3.68. The minimum absolute atomic E-state index is 0.174. The lowest BCUT2D eigenvalue weighted by atomic mass is 9.99. The Morgan fingerprint density at radius 1 is 1.20 bits per heavy atom. The Hall–Kier alpha value is -3.09. The Bertz CT molecular complexity index is 1240. The van der Waals surface area contributed by atoms with Crippen LogP contribution in [0.1, 0.15) is 29.7 Å². The molecule has 0 saturated heterocycles. The molecule has 4 rings (SSSR count). The minimum atomic E-state index is -0.405. The van der Waals surface area contributed by atoms with Gasteiger partial charge in [0.15, 0.2) is 11.6 Å². The summed E-state index contributed by atoms with van der Waals surface area (Å²) in [5.74, 6) is 0.631. The molecule has 0 bridgehead atoms. The fourth-order valence-electron chi connectivity index (χ4n) is 3.28. The predicted molar refractivity (Wildman–Crippen MR) is 119 cm³/mol. The van der Waals surface area contributed by atoms with Crippen LogP contribution in [0.25, 0.3) is 11.4 Å². The van der Waals surface area contributed by atoms with E-state index in [1.54, 1.807) is 41.0 Å². The maximum atomic E-state index is 14.7. The van der Waals surface area contributed by atoms with Crippen LogP contribution in [-0.4, -0.2) is 27.2 Å². The van der Waals surface area contributed by atoms with Crippen molar-refractivity contribution in [3.63, 3.8) is 0 Å². The molecule has 1 aromatic heterocycles. The van der Waals surface area contributed by atoms with Crippen LogP contribution in [-0.2, 0) is 6.54 Å². The Balaban J connectivity index is 2.03. The maximum absolute atomic E-state index is 14.7. The van der Waals surface area contributed by atoms with E-state index in [0.29, 0.717) is 44.9 Å². The molecule has 0 amide bonds. The molecule has 30 heavy (non-hydrogen) atoms. The molecular formula is C22H16Cl2FN5. The van der Waals surface area contributed by atoms with Crippen LogP contribution in [0.2, 0.25) is 10.0 Å².